The normalized spacial score (nSPS) is 11.4. The Hall–Kier alpha value is -3.51. The van der Waals surface area contributed by atoms with Crippen LogP contribution in [0.15, 0.2) is 70.9 Å². The first kappa shape index (κ1) is 18.8. The molecule has 4 aromatic rings. The van der Waals surface area contributed by atoms with E-state index in [1.54, 1.807) is 36.7 Å². The summed E-state index contributed by atoms with van der Waals surface area (Å²) in [6.45, 7) is 1.73. The number of benzene rings is 2. The molecule has 2 heterocycles. The van der Waals surface area contributed by atoms with Gasteiger partial charge in [0.1, 0.15) is 0 Å². The number of hydrogen-bond acceptors (Lipinski definition) is 4. The maximum atomic E-state index is 12.6. The van der Waals surface area contributed by atoms with Gasteiger partial charge in [0, 0.05) is 23.0 Å². The van der Waals surface area contributed by atoms with Crippen molar-refractivity contribution < 1.29 is 9.90 Å². The van der Waals surface area contributed by atoms with E-state index in [0.717, 1.165) is 11.1 Å². The summed E-state index contributed by atoms with van der Waals surface area (Å²) in [7, 11) is 1.72. The fraction of sp³-hybridized carbons (Fsp3) is 0.0909. The zero-order valence-corrected chi connectivity index (χ0v) is 16.6. The van der Waals surface area contributed by atoms with Crippen molar-refractivity contribution in [3.05, 3.63) is 76.9 Å². The molecule has 0 saturated carbocycles. The fourth-order valence-corrected chi connectivity index (χ4v) is 3.45. The van der Waals surface area contributed by atoms with Gasteiger partial charge in [0.2, 0.25) is 5.88 Å². The third-order valence-corrected chi connectivity index (χ3v) is 5.09. The monoisotopic (exact) mass is 404 g/mol. The molecule has 0 atom stereocenters. The van der Waals surface area contributed by atoms with Crippen LogP contribution in [-0.2, 0) is 7.05 Å². The number of carbonyl (C=O) groups excluding carboxylic acids is 1. The lowest BCUT2D eigenvalue weighted by atomic mass is 10.1. The predicted molar refractivity (Wildman–Crippen MR) is 113 cm³/mol. The molecule has 0 fully saturated rings. The van der Waals surface area contributed by atoms with E-state index in [1.807, 2.05) is 42.5 Å². The van der Waals surface area contributed by atoms with Gasteiger partial charge in [0.05, 0.1) is 22.5 Å². The van der Waals surface area contributed by atoms with E-state index in [1.165, 1.54) is 0 Å². The van der Waals surface area contributed by atoms with E-state index in [0.29, 0.717) is 27.4 Å². The maximum absolute atomic E-state index is 12.6. The van der Waals surface area contributed by atoms with Crippen LogP contribution in [0, 0.1) is 6.92 Å². The van der Waals surface area contributed by atoms with Crippen LogP contribution in [0.1, 0.15) is 16.1 Å². The summed E-state index contributed by atoms with van der Waals surface area (Å²) in [6.07, 6.45) is 0. The molecule has 0 radical (unpaired) electrons. The average molecular weight is 405 g/mol. The Kier molecular flexibility index (Phi) is 4.86. The number of nitrogens with zero attached hydrogens (tertiary/aromatic N) is 4. The third kappa shape index (κ3) is 3.39. The second-order valence-electron chi connectivity index (χ2n) is 6.56. The van der Waals surface area contributed by atoms with Crippen LogP contribution in [0.4, 0.5) is 5.69 Å². The Morgan fingerprint density at radius 1 is 1.07 bits per heavy atom. The van der Waals surface area contributed by atoms with Gasteiger partial charge in [0.25, 0.3) is 5.91 Å². The van der Waals surface area contributed by atoms with Gasteiger partial charge in [-0.3, -0.25) is 9.78 Å². The molecule has 0 aliphatic heterocycles. The highest BCUT2D eigenvalue weighted by Crippen LogP contribution is 2.37. The highest BCUT2D eigenvalue weighted by Gasteiger charge is 2.16. The van der Waals surface area contributed by atoms with Gasteiger partial charge >= 0.3 is 0 Å². The molecule has 0 aliphatic rings. The standard InChI is InChI=1S/C22H17ClN4O2/c1-13-14(11-12-18(24-13)15-7-3-5-9-17(15)23)21(28)26-25-20-16-8-4-6-10-19(16)27(2)22(20)29/h3-12,29H,1-2H3. The highest BCUT2D eigenvalue weighted by molar-refractivity contribution is 6.33. The van der Waals surface area contributed by atoms with Crippen LogP contribution < -0.4 is 0 Å². The molecule has 0 saturated heterocycles. The molecule has 6 nitrogen and oxygen atoms in total. The van der Waals surface area contributed by atoms with Crippen LogP contribution in [0.2, 0.25) is 5.02 Å². The van der Waals surface area contributed by atoms with Gasteiger partial charge < -0.3 is 9.67 Å². The largest absolute Gasteiger partial charge is 0.493 e. The van der Waals surface area contributed by atoms with E-state index < -0.39 is 5.91 Å². The van der Waals surface area contributed by atoms with Gasteiger partial charge in [-0.1, -0.05) is 48.0 Å². The lowest BCUT2D eigenvalue weighted by Crippen LogP contribution is -2.01. The maximum Gasteiger partial charge on any atom is 0.297 e. The van der Waals surface area contributed by atoms with Gasteiger partial charge in [-0.15, -0.1) is 10.2 Å². The highest BCUT2D eigenvalue weighted by atomic mass is 35.5. The molecule has 2 aromatic heterocycles. The Balaban J connectivity index is 1.66. The zero-order chi connectivity index (χ0) is 20.5. The third-order valence-electron chi connectivity index (χ3n) is 4.76. The average Bonchev–Trinajstić information content (AvgIpc) is 2.97. The molecule has 4 rings (SSSR count). The summed E-state index contributed by atoms with van der Waals surface area (Å²) in [5.74, 6) is -0.584. The number of amides is 1. The SMILES string of the molecule is Cc1nc(-c2ccccc2Cl)ccc1C(=O)N=Nc1c(O)n(C)c2ccccc12. The lowest BCUT2D eigenvalue weighted by molar-refractivity contribution is 0.0994. The fourth-order valence-electron chi connectivity index (χ4n) is 3.21. The summed E-state index contributed by atoms with van der Waals surface area (Å²) in [4.78, 5) is 17.1. The molecule has 1 N–H and O–H groups in total. The van der Waals surface area contributed by atoms with Crippen LogP contribution in [0.5, 0.6) is 5.88 Å². The number of halogens is 1. The summed E-state index contributed by atoms with van der Waals surface area (Å²) in [5.41, 5.74) is 3.38. The first-order valence-electron chi connectivity index (χ1n) is 8.92. The van der Waals surface area contributed by atoms with E-state index in [-0.39, 0.29) is 11.6 Å². The quantitative estimate of drug-likeness (QED) is 0.436. The van der Waals surface area contributed by atoms with Crippen molar-refractivity contribution in [3.63, 3.8) is 0 Å². The number of aryl methyl sites for hydroxylation is 2. The molecule has 2 aromatic carbocycles. The Morgan fingerprint density at radius 3 is 2.55 bits per heavy atom. The molecular formula is C22H17ClN4O2. The molecule has 29 heavy (non-hydrogen) atoms. The van der Waals surface area contributed by atoms with E-state index >= 15 is 0 Å². The number of aromatic nitrogens is 2. The number of carbonyl (C=O) groups is 1. The van der Waals surface area contributed by atoms with Gasteiger partial charge in [0.15, 0.2) is 5.69 Å². The van der Waals surface area contributed by atoms with E-state index in [4.69, 9.17) is 11.6 Å². The van der Waals surface area contributed by atoms with Crippen molar-refractivity contribution >= 4 is 34.1 Å². The molecule has 0 unspecified atom stereocenters. The topological polar surface area (TPSA) is 79.8 Å². The summed E-state index contributed by atoms with van der Waals surface area (Å²) >= 11 is 6.23. The summed E-state index contributed by atoms with van der Waals surface area (Å²) < 4.78 is 1.60. The van der Waals surface area contributed by atoms with Crippen molar-refractivity contribution in [3.8, 4) is 17.1 Å². The number of aromatic hydroxyl groups is 1. The Labute approximate surface area is 172 Å². The number of fused-ring (bicyclic) bond motifs is 1. The summed E-state index contributed by atoms with van der Waals surface area (Å²) in [6, 6.07) is 18.1. The molecule has 144 valence electrons. The number of hydrogen-bond donors (Lipinski definition) is 1. The smallest absolute Gasteiger partial charge is 0.297 e. The number of azo groups is 1. The number of rotatable bonds is 3. The van der Waals surface area contributed by atoms with Crippen LogP contribution >= 0.6 is 11.6 Å². The van der Waals surface area contributed by atoms with Crippen LogP contribution in [0.25, 0.3) is 22.2 Å². The van der Waals surface area contributed by atoms with Crippen LogP contribution in [0.3, 0.4) is 0 Å². The Bertz CT molecular complexity index is 1280. The minimum atomic E-state index is -0.534. The molecule has 1 amide bonds. The summed E-state index contributed by atoms with van der Waals surface area (Å²) in [5, 5.41) is 19.5. The van der Waals surface area contributed by atoms with Crippen LogP contribution in [-0.4, -0.2) is 20.6 Å². The van der Waals surface area contributed by atoms with Crippen molar-refractivity contribution in [1.29, 1.82) is 0 Å². The molecule has 0 bridgehead atoms. The molecular weight excluding hydrogens is 388 g/mol. The zero-order valence-electron chi connectivity index (χ0n) is 15.8. The lowest BCUT2D eigenvalue weighted by Gasteiger charge is -2.06. The van der Waals surface area contributed by atoms with Crippen molar-refractivity contribution in [1.82, 2.24) is 9.55 Å². The van der Waals surface area contributed by atoms with E-state index in [9.17, 15) is 9.90 Å². The van der Waals surface area contributed by atoms with E-state index in [2.05, 4.69) is 15.2 Å². The number of para-hydroxylation sites is 1. The predicted octanol–water partition coefficient (Wildman–Crippen LogP) is 5.83. The van der Waals surface area contributed by atoms with Crippen molar-refractivity contribution in [2.24, 2.45) is 17.3 Å². The van der Waals surface area contributed by atoms with Gasteiger partial charge in [-0.05, 0) is 31.2 Å². The molecule has 7 heteroatoms. The molecule has 0 aliphatic carbocycles. The minimum Gasteiger partial charge on any atom is -0.493 e. The number of pyridine rings is 1. The van der Waals surface area contributed by atoms with Crippen molar-refractivity contribution in [2.75, 3.05) is 0 Å². The Morgan fingerprint density at radius 2 is 1.79 bits per heavy atom. The second kappa shape index (κ2) is 7.48. The van der Waals surface area contributed by atoms with Gasteiger partial charge in [-0.2, -0.15) is 0 Å². The first-order chi connectivity index (χ1) is 14.0. The van der Waals surface area contributed by atoms with Crippen molar-refractivity contribution in [2.45, 2.75) is 6.92 Å². The minimum absolute atomic E-state index is 0.0494. The molecule has 0 spiro atoms. The second-order valence-corrected chi connectivity index (χ2v) is 6.97. The van der Waals surface area contributed by atoms with Gasteiger partial charge in [-0.25, -0.2) is 0 Å². The first-order valence-corrected chi connectivity index (χ1v) is 9.30.